The molecule has 0 aliphatic heterocycles. The van der Waals surface area contributed by atoms with Crippen LogP contribution in [0.2, 0.25) is 0 Å². The molecule has 0 unspecified atom stereocenters. The van der Waals surface area contributed by atoms with Crippen LogP contribution in [-0.2, 0) is 10.0 Å². The van der Waals surface area contributed by atoms with Crippen LogP contribution in [0.5, 0.6) is 0 Å². The molecule has 9 nitrogen and oxygen atoms in total. The largest absolute Gasteiger partial charge is 0.333 e. The summed E-state index contributed by atoms with van der Waals surface area (Å²) in [5, 5.41) is 15.0. The van der Waals surface area contributed by atoms with Crippen LogP contribution in [0.1, 0.15) is 0 Å². The SMILES string of the molecule is CN(c1cc(-c2ccnc3c([N+](=O)[O-])cnn23)ccc1F)S(C)(=O)=O. The topological polar surface area (TPSA) is 111 Å². The summed E-state index contributed by atoms with van der Waals surface area (Å²) in [6, 6.07) is 5.42. The minimum absolute atomic E-state index is 0.0323. The summed E-state index contributed by atoms with van der Waals surface area (Å²) in [7, 11) is -2.42. The lowest BCUT2D eigenvalue weighted by atomic mass is 10.1. The molecule has 0 spiro atoms. The Kier molecular flexibility index (Phi) is 3.87. The van der Waals surface area contributed by atoms with Crippen molar-refractivity contribution in [3.8, 4) is 11.3 Å². The van der Waals surface area contributed by atoms with Crippen molar-refractivity contribution in [2.45, 2.75) is 0 Å². The highest BCUT2D eigenvalue weighted by Gasteiger charge is 2.20. The Morgan fingerprint density at radius 2 is 2.04 bits per heavy atom. The minimum Gasteiger partial charge on any atom is -0.271 e. The van der Waals surface area contributed by atoms with E-state index in [0.717, 1.165) is 22.8 Å². The van der Waals surface area contributed by atoms with Gasteiger partial charge in [-0.3, -0.25) is 14.4 Å². The lowest BCUT2D eigenvalue weighted by molar-refractivity contribution is -0.383. The number of hydrogen-bond donors (Lipinski definition) is 0. The third-order valence-corrected chi connectivity index (χ3v) is 4.85. The van der Waals surface area contributed by atoms with Crippen molar-refractivity contribution < 1.29 is 17.7 Å². The first-order chi connectivity index (χ1) is 11.7. The van der Waals surface area contributed by atoms with Crippen LogP contribution in [0.3, 0.4) is 0 Å². The van der Waals surface area contributed by atoms with Gasteiger partial charge in [-0.05, 0) is 24.3 Å². The molecule has 0 aliphatic carbocycles. The van der Waals surface area contributed by atoms with Gasteiger partial charge in [0.2, 0.25) is 15.7 Å². The number of halogens is 1. The minimum atomic E-state index is -3.66. The lowest BCUT2D eigenvalue weighted by Crippen LogP contribution is -2.25. The molecule has 2 aromatic heterocycles. The highest BCUT2D eigenvalue weighted by molar-refractivity contribution is 7.92. The van der Waals surface area contributed by atoms with Gasteiger partial charge >= 0.3 is 5.69 Å². The maximum absolute atomic E-state index is 14.1. The first-order valence-electron chi connectivity index (χ1n) is 6.91. The van der Waals surface area contributed by atoms with E-state index in [0.29, 0.717) is 11.3 Å². The number of benzene rings is 1. The molecule has 0 fully saturated rings. The van der Waals surface area contributed by atoms with Crippen LogP contribution in [-0.4, -0.2) is 41.2 Å². The van der Waals surface area contributed by atoms with Gasteiger partial charge in [0.15, 0.2) is 0 Å². The van der Waals surface area contributed by atoms with E-state index in [-0.39, 0.29) is 17.0 Å². The Hall–Kier alpha value is -3.08. The molecule has 0 atom stereocenters. The van der Waals surface area contributed by atoms with Gasteiger partial charge < -0.3 is 0 Å². The zero-order valence-electron chi connectivity index (χ0n) is 13.1. The van der Waals surface area contributed by atoms with Gasteiger partial charge in [0, 0.05) is 18.8 Å². The van der Waals surface area contributed by atoms with Crippen LogP contribution in [0.25, 0.3) is 16.9 Å². The van der Waals surface area contributed by atoms with Crippen LogP contribution >= 0.6 is 0 Å². The molecule has 2 heterocycles. The Labute approximate surface area is 141 Å². The van der Waals surface area contributed by atoms with Crippen molar-refractivity contribution in [3.05, 3.63) is 52.6 Å². The fraction of sp³-hybridized carbons (Fsp3) is 0.143. The van der Waals surface area contributed by atoms with Gasteiger partial charge in [-0.2, -0.15) is 5.10 Å². The van der Waals surface area contributed by atoms with Crippen LogP contribution in [0.15, 0.2) is 36.7 Å². The third kappa shape index (κ3) is 2.89. The quantitative estimate of drug-likeness (QED) is 0.515. The van der Waals surface area contributed by atoms with Gasteiger partial charge in [-0.15, -0.1) is 0 Å². The number of hydrogen-bond acceptors (Lipinski definition) is 6. The molecule has 130 valence electrons. The number of nitro groups is 1. The summed E-state index contributed by atoms with van der Waals surface area (Å²) < 4.78 is 39.5. The number of rotatable bonds is 4. The number of sulfonamides is 1. The van der Waals surface area contributed by atoms with E-state index in [2.05, 4.69) is 10.1 Å². The Balaban J connectivity index is 2.21. The van der Waals surface area contributed by atoms with Gasteiger partial charge in [0.25, 0.3) is 0 Å². The standard InChI is InChI=1S/C14H12FN5O4S/c1-18(25(2,23)24)12-7-9(3-4-10(12)15)11-5-6-16-14-13(20(21)22)8-17-19(11)14/h3-8H,1-2H3. The molecule has 1 aromatic carbocycles. The Bertz CT molecular complexity index is 1100. The fourth-order valence-corrected chi connectivity index (χ4v) is 2.82. The zero-order chi connectivity index (χ0) is 18.4. The average Bonchev–Trinajstić information content (AvgIpc) is 2.98. The highest BCUT2D eigenvalue weighted by Crippen LogP contribution is 2.29. The molecule has 0 saturated carbocycles. The molecule has 0 N–H and O–H groups in total. The molecule has 0 radical (unpaired) electrons. The molecule has 3 rings (SSSR count). The predicted octanol–water partition coefficient (Wildman–Crippen LogP) is 1.84. The zero-order valence-corrected chi connectivity index (χ0v) is 13.9. The number of fused-ring (bicyclic) bond motifs is 1. The normalized spacial score (nSPS) is 11.6. The number of anilines is 1. The van der Waals surface area contributed by atoms with Crippen LogP contribution in [0.4, 0.5) is 15.8 Å². The summed E-state index contributed by atoms with van der Waals surface area (Å²) in [5.41, 5.74) is 0.451. The van der Waals surface area contributed by atoms with E-state index in [9.17, 15) is 22.9 Å². The highest BCUT2D eigenvalue weighted by atomic mass is 32.2. The van der Waals surface area contributed by atoms with E-state index in [1.807, 2.05) is 0 Å². The molecule has 0 bridgehead atoms. The van der Waals surface area contributed by atoms with Crippen LogP contribution in [0, 0.1) is 15.9 Å². The molecule has 11 heteroatoms. The van der Waals surface area contributed by atoms with E-state index in [1.54, 1.807) is 6.07 Å². The fourth-order valence-electron chi connectivity index (χ4n) is 2.32. The monoisotopic (exact) mass is 365 g/mol. The molecule has 0 amide bonds. The molecular formula is C14H12FN5O4S. The van der Waals surface area contributed by atoms with E-state index >= 15 is 0 Å². The average molecular weight is 365 g/mol. The summed E-state index contributed by atoms with van der Waals surface area (Å²) in [5.74, 6) is -0.714. The van der Waals surface area contributed by atoms with E-state index in [4.69, 9.17) is 0 Å². The Morgan fingerprint density at radius 1 is 1.32 bits per heavy atom. The maximum atomic E-state index is 14.1. The van der Waals surface area contributed by atoms with Crippen molar-refractivity contribution in [1.82, 2.24) is 14.6 Å². The van der Waals surface area contributed by atoms with Crippen molar-refractivity contribution in [2.24, 2.45) is 0 Å². The molecular weight excluding hydrogens is 353 g/mol. The lowest BCUT2D eigenvalue weighted by Gasteiger charge is -2.18. The second kappa shape index (κ2) is 5.77. The van der Waals surface area contributed by atoms with E-state index in [1.165, 1.54) is 29.9 Å². The first kappa shape index (κ1) is 16.8. The Morgan fingerprint density at radius 3 is 2.68 bits per heavy atom. The maximum Gasteiger partial charge on any atom is 0.333 e. The summed E-state index contributed by atoms with van der Waals surface area (Å²) in [6.45, 7) is 0. The van der Waals surface area contributed by atoms with Gasteiger partial charge in [-0.25, -0.2) is 22.3 Å². The third-order valence-electron chi connectivity index (χ3n) is 3.66. The van der Waals surface area contributed by atoms with Gasteiger partial charge in [-0.1, -0.05) is 0 Å². The molecule has 3 aromatic rings. The summed E-state index contributed by atoms with van der Waals surface area (Å²) >= 11 is 0. The second-order valence-electron chi connectivity index (χ2n) is 5.25. The summed E-state index contributed by atoms with van der Waals surface area (Å²) in [6.07, 6.45) is 3.39. The molecule has 0 saturated heterocycles. The van der Waals surface area contributed by atoms with Crippen LogP contribution < -0.4 is 4.31 Å². The second-order valence-corrected chi connectivity index (χ2v) is 7.26. The number of aromatic nitrogens is 3. The summed E-state index contributed by atoms with van der Waals surface area (Å²) in [4.78, 5) is 14.3. The van der Waals surface area contributed by atoms with Crippen molar-refractivity contribution >= 4 is 27.0 Å². The molecule has 25 heavy (non-hydrogen) atoms. The van der Waals surface area contributed by atoms with Crippen molar-refractivity contribution in [1.29, 1.82) is 0 Å². The van der Waals surface area contributed by atoms with Gasteiger partial charge in [0.05, 0.1) is 22.6 Å². The van der Waals surface area contributed by atoms with Gasteiger partial charge in [0.1, 0.15) is 12.0 Å². The van der Waals surface area contributed by atoms with Crippen molar-refractivity contribution in [2.75, 3.05) is 17.6 Å². The van der Waals surface area contributed by atoms with Crippen molar-refractivity contribution in [3.63, 3.8) is 0 Å². The predicted molar refractivity (Wildman–Crippen MR) is 88.3 cm³/mol. The van der Waals surface area contributed by atoms with E-state index < -0.39 is 20.8 Å². The first-order valence-corrected chi connectivity index (χ1v) is 8.76. The smallest absolute Gasteiger partial charge is 0.271 e. The molecule has 0 aliphatic rings. The number of nitrogens with zero attached hydrogens (tertiary/aromatic N) is 5.